The maximum atomic E-state index is 13.9. The van der Waals surface area contributed by atoms with Gasteiger partial charge in [-0.1, -0.05) is 13.8 Å². The van der Waals surface area contributed by atoms with Gasteiger partial charge in [0, 0.05) is 37.5 Å². The molecule has 0 spiro atoms. The molecule has 6 heteroatoms. The summed E-state index contributed by atoms with van der Waals surface area (Å²) in [6, 6.07) is 5.97. The van der Waals surface area contributed by atoms with Gasteiger partial charge in [-0.2, -0.15) is 0 Å². The summed E-state index contributed by atoms with van der Waals surface area (Å²) < 4.78 is 19.9. The standard InChI is InChI=1S/C19H24FN3O2/c1-12(2)17(21)19(24)23-10-7-13(8-11-23)25-16-6-5-15(20)14-4-3-9-22-18(14)16/h3-6,9,12-13,17H,7-8,10-11,21H2,1-2H3/t17-/m0/s1. The zero-order valence-corrected chi connectivity index (χ0v) is 14.6. The van der Waals surface area contributed by atoms with Crippen molar-refractivity contribution in [2.75, 3.05) is 13.1 Å². The Labute approximate surface area is 147 Å². The molecule has 1 aliphatic rings. The van der Waals surface area contributed by atoms with Crippen LogP contribution in [0.3, 0.4) is 0 Å². The van der Waals surface area contributed by atoms with Crippen LogP contribution in [-0.2, 0) is 4.79 Å². The number of hydrogen-bond acceptors (Lipinski definition) is 4. The van der Waals surface area contributed by atoms with Gasteiger partial charge in [0.15, 0.2) is 0 Å². The molecule has 5 nitrogen and oxygen atoms in total. The molecule has 0 unspecified atom stereocenters. The van der Waals surface area contributed by atoms with Crippen molar-refractivity contribution in [1.82, 2.24) is 9.88 Å². The normalized spacial score (nSPS) is 17.1. The maximum Gasteiger partial charge on any atom is 0.239 e. The van der Waals surface area contributed by atoms with Gasteiger partial charge in [-0.3, -0.25) is 9.78 Å². The van der Waals surface area contributed by atoms with Gasteiger partial charge in [-0.05, 0) is 30.2 Å². The molecule has 0 saturated carbocycles. The number of hydrogen-bond donors (Lipinski definition) is 1. The summed E-state index contributed by atoms with van der Waals surface area (Å²) in [7, 11) is 0. The molecule has 0 bridgehead atoms. The number of nitrogens with zero attached hydrogens (tertiary/aromatic N) is 2. The molecule has 1 fully saturated rings. The number of carbonyl (C=O) groups is 1. The summed E-state index contributed by atoms with van der Waals surface area (Å²) >= 11 is 0. The zero-order valence-electron chi connectivity index (χ0n) is 14.6. The molecule has 1 saturated heterocycles. The Balaban J connectivity index is 1.65. The minimum Gasteiger partial charge on any atom is -0.488 e. The maximum absolute atomic E-state index is 13.9. The lowest BCUT2D eigenvalue weighted by Crippen LogP contribution is -2.50. The van der Waals surface area contributed by atoms with Crippen LogP contribution in [0, 0.1) is 11.7 Å². The largest absolute Gasteiger partial charge is 0.488 e. The SMILES string of the molecule is CC(C)[C@H](N)C(=O)N1CCC(Oc2ccc(F)c3cccnc23)CC1. The fraction of sp³-hybridized carbons (Fsp3) is 0.474. The van der Waals surface area contributed by atoms with Crippen LogP contribution in [-0.4, -0.2) is 41.0 Å². The molecular weight excluding hydrogens is 321 g/mol. The minimum atomic E-state index is -0.456. The number of aromatic nitrogens is 1. The zero-order chi connectivity index (χ0) is 18.0. The number of piperidine rings is 1. The second-order valence-electron chi connectivity index (χ2n) is 6.86. The highest BCUT2D eigenvalue weighted by Gasteiger charge is 2.28. The molecule has 1 atom stereocenters. The highest BCUT2D eigenvalue weighted by atomic mass is 19.1. The third kappa shape index (κ3) is 3.74. The molecule has 2 N–H and O–H groups in total. The number of ether oxygens (including phenoxy) is 1. The van der Waals surface area contributed by atoms with Crippen molar-refractivity contribution in [1.29, 1.82) is 0 Å². The predicted molar refractivity (Wildman–Crippen MR) is 94.7 cm³/mol. The summed E-state index contributed by atoms with van der Waals surface area (Å²) in [5.74, 6) is 0.402. The van der Waals surface area contributed by atoms with Crippen LogP contribution in [0.4, 0.5) is 4.39 Å². The van der Waals surface area contributed by atoms with Crippen molar-refractivity contribution in [3.05, 3.63) is 36.3 Å². The molecule has 2 aromatic rings. The number of rotatable bonds is 4. The van der Waals surface area contributed by atoms with Gasteiger partial charge >= 0.3 is 0 Å². The quantitative estimate of drug-likeness (QED) is 0.925. The number of amides is 1. The van der Waals surface area contributed by atoms with Gasteiger partial charge < -0.3 is 15.4 Å². The first kappa shape index (κ1) is 17.6. The van der Waals surface area contributed by atoms with E-state index in [1.54, 1.807) is 24.4 Å². The van der Waals surface area contributed by atoms with Crippen LogP contribution >= 0.6 is 0 Å². The molecule has 134 valence electrons. The van der Waals surface area contributed by atoms with Gasteiger partial charge in [-0.15, -0.1) is 0 Å². The second-order valence-corrected chi connectivity index (χ2v) is 6.86. The van der Waals surface area contributed by atoms with E-state index in [2.05, 4.69) is 4.98 Å². The Hall–Kier alpha value is -2.21. The molecule has 2 heterocycles. The summed E-state index contributed by atoms with van der Waals surface area (Å²) in [5, 5.41) is 0.454. The molecule has 0 aliphatic carbocycles. The van der Waals surface area contributed by atoms with Gasteiger partial charge in [-0.25, -0.2) is 4.39 Å². The first-order valence-electron chi connectivity index (χ1n) is 8.71. The van der Waals surface area contributed by atoms with E-state index in [0.717, 1.165) is 12.8 Å². The van der Waals surface area contributed by atoms with E-state index in [-0.39, 0.29) is 23.7 Å². The van der Waals surface area contributed by atoms with Crippen LogP contribution in [0.1, 0.15) is 26.7 Å². The summed E-state index contributed by atoms with van der Waals surface area (Å²) in [5.41, 5.74) is 6.49. The fourth-order valence-corrected chi connectivity index (χ4v) is 3.08. The molecule has 1 aromatic heterocycles. The first-order chi connectivity index (χ1) is 12.0. The summed E-state index contributed by atoms with van der Waals surface area (Å²) in [6.07, 6.45) is 3.06. The number of carbonyl (C=O) groups excluding carboxylic acids is 1. The van der Waals surface area contributed by atoms with Crippen molar-refractivity contribution in [2.45, 2.75) is 38.8 Å². The lowest BCUT2D eigenvalue weighted by atomic mass is 10.0. The first-order valence-corrected chi connectivity index (χ1v) is 8.71. The molecule has 0 radical (unpaired) electrons. The van der Waals surface area contributed by atoms with Gasteiger partial charge in [0.2, 0.25) is 5.91 Å². The Morgan fingerprint density at radius 1 is 1.32 bits per heavy atom. The van der Waals surface area contributed by atoms with Crippen molar-refractivity contribution in [2.24, 2.45) is 11.7 Å². The lowest BCUT2D eigenvalue weighted by molar-refractivity contribution is -0.135. The summed E-state index contributed by atoms with van der Waals surface area (Å²) in [6.45, 7) is 5.14. The van der Waals surface area contributed by atoms with E-state index in [0.29, 0.717) is 29.7 Å². The van der Waals surface area contributed by atoms with Crippen molar-refractivity contribution >= 4 is 16.8 Å². The third-order valence-electron chi connectivity index (χ3n) is 4.73. The molecule has 1 aliphatic heterocycles. The van der Waals surface area contributed by atoms with Crippen molar-refractivity contribution < 1.29 is 13.9 Å². The van der Waals surface area contributed by atoms with Crippen LogP contribution < -0.4 is 10.5 Å². The fourth-order valence-electron chi connectivity index (χ4n) is 3.08. The van der Waals surface area contributed by atoms with E-state index in [1.807, 2.05) is 18.7 Å². The lowest BCUT2D eigenvalue weighted by Gasteiger charge is -2.34. The van der Waals surface area contributed by atoms with Gasteiger partial charge in [0.25, 0.3) is 0 Å². The second kappa shape index (κ2) is 7.35. The molecule has 25 heavy (non-hydrogen) atoms. The van der Waals surface area contributed by atoms with E-state index < -0.39 is 6.04 Å². The topological polar surface area (TPSA) is 68.5 Å². The van der Waals surface area contributed by atoms with Crippen LogP contribution in [0.15, 0.2) is 30.5 Å². The Kier molecular flexibility index (Phi) is 5.18. The smallest absolute Gasteiger partial charge is 0.239 e. The number of benzene rings is 1. The predicted octanol–water partition coefficient (Wildman–Crippen LogP) is 2.73. The van der Waals surface area contributed by atoms with Crippen LogP contribution in [0.2, 0.25) is 0 Å². The number of likely N-dealkylation sites (tertiary alicyclic amines) is 1. The Morgan fingerprint density at radius 2 is 2.04 bits per heavy atom. The van der Waals surface area contributed by atoms with E-state index in [1.165, 1.54) is 6.07 Å². The monoisotopic (exact) mass is 345 g/mol. The number of fused-ring (bicyclic) bond motifs is 1. The highest BCUT2D eigenvalue weighted by molar-refractivity contribution is 5.85. The van der Waals surface area contributed by atoms with Crippen LogP contribution in [0.5, 0.6) is 5.75 Å². The van der Waals surface area contributed by atoms with E-state index >= 15 is 0 Å². The van der Waals surface area contributed by atoms with Gasteiger partial charge in [0.1, 0.15) is 23.2 Å². The van der Waals surface area contributed by atoms with E-state index in [4.69, 9.17) is 10.5 Å². The third-order valence-corrected chi connectivity index (χ3v) is 4.73. The Morgan fingerprint density at radius 3 is 2.72 bits per heavy atom. The molecular formula is C19H24FN3O2. The average molecular weight is 345 g/mol. The Bertz CT molecular complexity index is 757. The molecule has 1 amide bonds. The average Bonchev–Trinajstić information content (AvgIpc) is 2.63. The van der Waals surface area contributed by atoms with Gasteiger partial charge in [0.05, 0.1) is 6.04 Å². The summed E-state index contributed by atoms with van der Waals surface area (Å²) in [4.78, 5) is 18.4. The highest BCUT2D eigenvalue weighted by Crippen LogP contribution is 2.28. The minimum absolute atomic E-state index is 0.00217. The van der Waals surface area contributed by atoms with Crippen molar-refractivity contribution in [3.63, 3.8) is 0 Å². The van der Waals surface area contributed by atoms with E-state index in [9.17, 15) is 9.18 Å². The molecule has 3 rings (SSSR count). The molecule has 1 aromatic carbocycles. The number of pyridine rings is 1. The van der Waals surface area contributed by atoms with Crippen molar-refractivity contribution in [3.8, 4) is 5.75 Å². The van der Waals surface area contributed by atoms with Crippen LogP contribution in [0.25, 0.3) is 10.9 Å². The number of nitrogens with two attached hydrogens (primary N) is 1. The number of halogens is 1.